The molecule has 4 fully saturated rings. The summed E-state index contributed by atoms with van der Waals surface area (Å²) >= 11 is 8.19. The number of aliphatic hydroxyl groups excluding tert-OH is 3. The maximum atomic E-state index is 16.7. The molecule has 4 aliphatic heterocycles. The molecular formula is C69H96ClF2N7O16S. The molecule has 2 aromatic carbocycles. The van der Waals surface area contributed by atoms with Gasteiger partial charge in [0.05, 0.1) is 47.2 Å². The minimum absolute atomic E-state index is 0.0144. The third kappa shape index (κ3) is 18.3. The molecule has 530 valence electrons. The number of nitrogens with one attached hydrogen (secondary N) is 2. The molecule has 15 atom stereocenters. The van der Waals surface area contributed by atoms with E-state index in [1.165, 1.54) is 38.5 Å². The van der Waals surface area contributed by atoms with E-state index in [-0.39, 0.29) is 103 Å². The topological polar surface area (TPSA) is 309 Å². The number of aliphatic hydroxyl groups is 4. The van der Waals surface area contributed by atoms with Crippen molar-refractivity contribution in [2.75, 3.05) is 88.9 Å². The number of thioether (sulfide) groups is 1. The van der Waals surface area contributed by atoms with Crippen molar-refractivity contribution in [1.82, 2.24) is 25.1 Å². The first-order valence-electron chi connectivity index (χ1n) is 33.5. The lowest BCUT2D eigenvalue weighted by Gasteiger charge is -2.47. The van der Waals surface area contributed by atoms with Gasteiger partial charge in [0.2, 0.25) is 23.5 Å². The van der Waals surface area contributed by atoms with Crippen molar-refractivity contribution in [3.8, 4) is 16.9 Å². The molecule has 1 unspecified atom stereocenters. The highest BCUT2D eigenvalue weighted by atomic mass is 35.5. The van der Waals surface area contributed by atoms with E-state index >= 15 is 8.78 Å². The van der Waals surface area contributed by atoms with Crippen molar-refractivity contribution >= 4 is 81.3 Å². The molecule has 2 bridgehead atoms. The van der Waals surface area contributed by atoms with Crippen LogP contribution in [-0.2, 0) is 52.5 Å². The SMILES string of the molecule is C=CC(=O)N1CCN(c2nc(NCCC(=O)NCCSCCC[C@@H]3/C=C(\C)C[C@H](O)C[C@H](OC)[C@H]4O[C@@](O)(C(=O)C(=O)N5CCCC[C@H]5C(=O)O[C@H](C(C)C[C@@H]5CC[C@@H](O)[C@H](OC)C5)[C@H](C)[C@@H](O)CC3=O)[C@H](C)C[C@@H]4OC)nc3c(F)c(-c4c(O)cccc4F)c(Cl)cc23)CC1. The maximum Gasteiger partial charge on any atom is 0.329 e. The van der Waals surface area contributed by atoms with Gasteiger partial charge in [0.1, 0.15) is 46.9 Å². The summed E-state index contributed by atoms with van der Waals surface area (Å²) in [6, 6.07) is 3.75. The van der Waals surface area contributed by atoms with Crippen molar-refractivity contribution in [2.45, 2.75) is 178 Å². The standard InChI is InChI=1S/C69H96ClF2N7O16S/c1-9-57(86)77-24-26-78(27-25-77)65-45-36-46(70)58(59-47(71)15-12-17-50(59)82)60(72)61(45)75-68(76-65)74-21-20-56(85)73-22-29-96-28-13-14-43-30-38(2)31-44(80)35-55(93-8)63-54(92-7)33-40(4)69(90,95-63)64(87)66(88)79-23-11-10-16-48(79)67(89)94-62(41(5)51(83)37-52(43)84)39(3)32-42-18-19-49(81)53(34-42)91-6/h9,12,15,17,30,36,39-44,48-49,51,53-55,62-63,80-83,90H,1,10-11,13-14,16,18-29,31-35,37H2,2-8H3,(H,73,85)(H,74,75,76)/b38-30+/t39?,40-,41-,42+,43-,44+,48+,49-,51+,53-,54+,55+,62-,63+,69-/m1/s1. The number of methoxy groups -OCH3 is 3. The number of ketones is 2. The summed E-state index contributed by atoms with van der Waals surface area (Å²) in [5.74, 6) is -10.6. The Morgan fingerprint density at radius 2 is 1.62 bits per heavy atom. The molecule has 5 heterocycles. The van der Waals surface area contributed by atoms with Crippen LogP contribution in [0.2, 0.25) is 5.02 Å². The first-order valence-corrected chi connectivity index (χ1v) is 35.1. The maximum absolute atomic E-state index is 16.7. The van der Waals surface area contributed by atoms with E-state index in [1.54, 1.807) is 50.6 Å². The molecule has 23 nitrogen and oxygen atoms in total. The minimum atomic E-state index is -2.66. The summed E-state index contributed by atoms with van der Waals surface area (Å²) in [6.45, 7) is 12.2. The van der Waals surface area contributed by atoms with E-state index in [1.807, 2.05) is 11.8 Å². The summed E-state index contributed by atoms with van der Waals surface area (Å²) in [6.07, 6.45) is -0.152. The molecule has 1 aromatic heterocycles. The van der Waals surface area contributed by atoms with Gasteiger partial charge < -0.3 is 74.6 Å². The largest absolute Gasteiger partial charge is 0.507 e. The van der Waals surface area contributed by atoms with E-state index in [9.17, 15) is 54.3 Å². The van der Waals surface area contributed by atoms with Gasteiger partial charge >= 0.3 is 5.97 Å². The van der Waals surface area contributed by atoms with Crippen LogP contribution in [0.25, 0.3) is 22.0 Å². The molecule has 5 aliphatic rings. The average molecular weight is 1390 g/mol. The number of amides is 3. The predicted molar refractivity (Wildman–Crippen MR) is 358 cm³/mol. The highest BCUT2D eigenvalue weighted by Gasteiger charge is 2.57. The lowest BCUT2D eigenvalue weighted by molar-refractivity contribution is -0.303. The first-order chi connectivity index (χ1) is 45.8. The number of Topliss-reactive ketones (excluding diaryl/α,β-unsaturated/α-hetero) is 2. The molecule has 3 amide bonds. The fourth-order valence-electron chi connectivity index (χ4n) is 14.3. The molecule has 0 radical (unpaired) electrons. The number of allylic oxidation sites excluding steroid dienone is 1. The number of esters is 1. The molecule has 3 saturated heterocycles. The number of carbonyl (C=O) groups excluding carboxylic acids is 6. The van der Waals surface area contributed by atoms with Crippen LogP contribution >= 0.6 is 23.4 Å². The number of phenolic OH excluding ortho intramolecular Hbond substituents is 1. The Labute approximate surface area is 569 Å². The number of benzene rings is 2. The Morgan fingerprint density at radius 1 is 0.906 bits per heavy atom. The van der Waals surface area contributed by atoms with Crippen LogP contribution in [0.15, 0.2) is 48.6 Å². The molecule has 96 heavy (non-hydrogen) atoms. The number of carbonyl (C=O) groups is 6. The molecule has 3 aromatic rings. The molecule has 1 saturated carbocycles. The number of piperidine rings is 1. The van der Waals surface area contributed by atoms with Gasteiger partial charge in [-0.1, -0.05) is 56.7 Å². The number of hydrogen-bond acceptors (Lipinski definition) is 21. The summed E-state index contributed by atoms with van der Waals surface area (Å²) in [5.41, 5.74) is -0.392. The molecule has 1 aliphatic carbocycles. The van der Waals surface area contributed by atoms with Gasteiger partial charge in [0, 0.05) is 121 Å². The summed E-state index contributed by atoms with van der Waals surface area (Å²) in [5, 5.41) is 63.3. The Hall–Kier alpha value is -5.94. The van der Waals surface area contributed by atoms with Crippen LogP contribution in [0.5, 0.6) is 5.75 Å². The van der Waals surface area contributed by atoms with E-state index in [4.69, 9.17) is 40.3 Å². The van der Waals surface area contributed by atoms with E-state index < -0.39 is 131 Å². The first kappa shape index (κ1) is 75.8. The monoisotopic (exact) mass is 1380 g/mol. The lowest BCUT2D eigenvalue weighted by Crippen LogP contribution is -2.64. The zero-order chi connectivity index (χ0) is 69.7. The van der Waals surface area contributed by atoms with Crippen molar-refractivity contribution in [3.05, 3.63) is 65.2 Å². The van der Waals surface area contributed by atoms with E-state index in [2.05, 4.69) is 22.2 Å². The molecule has 27 heteroatoms. The summed E-state index contributed by atoms with van der Waals surface area (Å²) in [7, 11) is 4.39. The second-order valence-corrected chi connectivity index (χ2v) is 28.1. The van der Waals surface area contributed by atoms with Crippen molar-refractivity contribution in [2.24, 2.45) is 29.6 Å². The number of piperazine rings is 1. The number of aromatic nitrogens is 2. The number of halogens is 3. The molecule has 8 rings (SSSR count). The number of rotatable bonds is 20. The van der Waals surface area contributed by atoms with Crippen LogP contribution in [0.4, 0.5) is 20.5 Å². The number of cyclic esters (lactones) is 1. The number of nitrogens with zero attached hydrogens (tertiary/aromatic N) is 5. The Balaban J connectivity index is 0.942. The Bertz CT molecular complexity index is 3250. The third-order valence-electron chi connectivity index (χ3n) is 19.8. The van der Waals surface area contributed by atoms with Gasteiger partial charge in [-0.3, -0.25) is 24.0 Å². The Morgan fingerprint density at radius 3 is 2.32 bits per heavy atom. The summed E-state index contributed by atoms with van der Waals surface area (Å²) in [4.78, 5) is 97.7. The van der Waals surface area contributed by atoms with E-state index in [0.717, 1.165) is 11.0 Å². The van der Waals surface area contributed by atoms with Crippen LogP contribution in [0.1, 0.15) is 118 Å². The van der Waals surface area contributed by atoms with Crippen LogP contribution in [0, 0.1) is 41.2 Å². The number of anilines is 2. The average Bonchev–Trinajstić information content (AvgIpc) is 0.790. The predicted octanol–water partition coefficient (Wildman–Crippen LogP) is 7.08. The van der Waals surface area contributed by atoms with Crippen LogP contribution in [-0.4, -0.2) is 220 Å². The second-order valence-electron chi connectivity index (χ2n) is 26.5. The highest BCUT2D eigenvalue weighted by molar-refractivity contribution is 7.99. The van der Waals surface area contributed by atoms with Crippen LogP contribution in [0.3, 0.4) is 0 Å². The molecule has 0 spiro atoms. The van der Waals surface area contributed by atoms with Gasteiger partial charge in [-0.2, -0.15) is 16.7 Å². The fraction of sp³-hybridized carbons (Fsp3) is 0.652. The second kappa shape index (κ2) is 34.7. The highest BCUT2D eigenvalue weighted by Crippen LogP contribution is 2.44. The molecular weight excluding hydrogens is 1290 g/mol. The zero-order valence-corrected chi connectivity index (χ0v) is 57.6. The van der Waals surface area contributed by atoms with Crippen molar-refractivity contribution in [1.29, 1.82) is 0 Å². The van der Waals surface area contributed by atoms with Gasteiger partial charge in [0.15, 0.2) is 5.82 Å². The normalized spacial score (nSPS) is 30.2. The third-order valence-corrected chi connectivity index (χ3v) is 21.2. The lowest BCUT2D eigenvalue weighted by atomic mass is 9.76. The minimum Gasteiger partial charge on any atom is -0.507 e. The van der Waals surface area contributed by atoms with Crippen molar-refractivity contribution < 1.29 is 86.8 Å². The smallest absolute Gasteiger partial charge is 0.329 e. The number of ether oxygens (including phenoxy) is 5. The number of aromatic hydroxyl groups is 1. The molecule has 7 N–H and O–H groups in total. The van der Waals surface area contributed by atoms with Crippen molar-refractivity contribution in [3.63, 3.8) is 0 Å². The van der Waals surface area contributed by atoms with Gasteiger partial charge in [-0.15, -0.1) is 0 Å². The van der Waals surface area contributed by atoms with Crippen LogP contribution < -0.4 is 15.5 Å². The Kier molecular flexibility index (Phi) is 27.4. The zero-order valence-electron chi connectivity index (χ0n) is 56.0. The van der Waals surface area contributed by atoms with Gasteiger partial charge in [-0.05, 0) is 119 Å². The fourth-order valence-corrected chi connectivity index (χ4v) is 15.5. The van der Waals surface area contributed by atoms with Gasteiger partial charge in [0.25, 0.3) is 11.7 Å². The number of fused-ring (bicyclic) bond motifs is 4. The summed E-state index contributed by atoms with van der Waals surface area (Å²) < 4.78 is 61.9. The number of hydrogen-bond donors (Lipinski definition) is 7. The quantitative estimate of drug-likeness (QED) is 0.0195. The number of phenols is 1. The van der Waals surface area contributed by atoms with E-state index in [0.29, 0.717) is 101 Å². The van der Waals surface area contributed by atoms with Gasteiger partial charge in [-0.25, -0.2) is 18.6 Å².